The molecule has 21 heavy (non-hydrogen) atoms. The monoisotopic (exact) mass is 354 g/mol. The first kappa shape index (κ1) is 15.9. The Kier molecular flexibility index (Phi) is 5.32. The second-order valence-corrected chi connectivity index (χ2v) is 4.70. The number of ether oxygens (including phenoxy) is 1. The standard InChI is InChI=1S/C17H13O3.Y/c18-16-14-9-5-4-8-13(14)10-15(16)17(19)20-11-12-6-2-1-3-7-12;/h1-9H,10-11H2;/q-1;. The molecule has 3 nitrogen and oxygen atoms in total. The number of carbonyl (C=O) groups is 2. The van der Waals surface area contributed by atoms with E-state index in [-0.39, 0.29) is 51.0 Å². The SMILES string of the molecule is O=C(OCc1ccccc1)[C-]1Cc2ccccc2C1=O.[Y]. The summed E-state index contributed by atoms with van der Waals surface area (Å²) in [6.07, 6.45) is 0.364. The van der Waals surface area contributed by atoms with Crippen LogP contribution in [0, 0.1) is 5.92 Å². The van der Waals surface area contributed by atoms with Crippen LogP contribution >= 0.6 is 0 Å². The minimum atomic E-state index is -0.518. The van der Waals surface area contributed by atoms with Gasteiger partial charge in [-0.2, -0.15) is 0 Å². The van der Waals surface area contributed by atoms with E-state index in [1.165, 1.54) is 0 Å². The van der Waals surface area contributed by atoms with Crippen LogP contribution in [0.5, 0.6) is 0 Å². The van der Waals surface area contributed by atoms with Gasteiger partial charge in [-0.05, 0) is 5.56 Å². The quantitative estimate of drug-likeness (QED) is 0.629. The van der Waals surface area contributed by atoms with E-state index in [9.17, 15) is 9.59 Å². The van der Waals surface area contributed by atoms with E-state index >= 15 is 0 Å². The average Bonchev–Trinajstić information content (AvgIpc) is 2.84. The van der Waals surface area contributed by atoms with Gasteiger partial charge in [-0.3, -0.25) is 4.79 Å². The first-order chi connectivity index (χ1) is 9.75. The molecule has 0 spiro atoms. The van der Waals surface area contributed by atoms with Crippen molar-refractivity contribution in [3.8, 4) is 0 Å². The summed E-state index contributed by atoms with van der Waals surface area (Å²) in [4.78, 5) is 24.1. The molecule has 1 radical (unpaired) electrons. The third-order valence-electron chi connectivity index (χ3n) is 3.36. The summed E-state index contributed by atoms with van der Waals surface area (Å²) in [5, 5.41) is 0. The predicted octanol–water partition coefficient (Wildman–Crippen LogP) is 2.74. The minimum Gasteiger partial charge on any atom is -0.471 e. The number of fused-ring (bicyclic) bond motifs is 1. The van der Waals surface area contributed by atoms with Crippen LogP contribution in [0.2, 0.25) is 0 Å². The molecule has 103 valence electrons. The van der Waals surface area contributed by atoms with Gasteiger partial charge in [-0.1, -0.05) is 60.9 Å². The number of Topliss-reactive ketones (excluding diaryl/α,β-unsaturated/α-hetero) is 1. The largest absolute Gasteiger partial charge is 0.471 e. The van der Waals surface area contributed by atoms with Gasteiger partial charge in [0.15, 0.2) is 0 Å². The fourth-order valence-electron chi connectivity index (χ4n) is 2.30. The molecule has 0 unspecified atom stereocenters. The molecule has 0 bridgehead atoms. The average molecular weight is 354 g/mol. The van der Waals surface area contributed by atoms with Crippen molar-refractivity contribution in [2.75, 3.05) is 0 Å². The molecule has 3 rings (SSSR count). The van der Waals surface area contributed by atoms with Crippen molar-refractivity contribution < 1.29 is 47.0 Å². The van der Waals surface area contributed by atoms with Crippen LogP contribution in [0.3, 0.4) is 0 Å². The first-order valence-corrected chi connectivity index (χ1v) is 6.45. The van der Waals surface area contributed by atoms with E-state index < -0.39 is 5.97 Å². The number of rotatable bonds is 3. The normalized spacial score (nSPS) is 12.6. The van der Waals surface area contributed by atoms with Crippen LogP contribution in [-0.4, -0.2) is 11.8 Å². The molecule has 2 aromatic carbocycles. The molecule has 0 saturated heterocycles. The van der Waals surface area contributed by atoms with Crippen molar-refractivity contribution in [2.24, 2.45) is 0 Å². The van der Waals surface area contributed by atoms with Crippen molar-refractivity contribution in [1.29, 1.82) is 0 Å². The molecule has 0 atom stereocenters. The molecule has 4 heteroatoms. The van der Waals surface area contributed by atoms with E-state index in [1.807, 2.05) is 42.5 Å². The van der Waals surface area contributed by atoms with E-state index in [2.05, 4.69) is 0 Å². The van der Waals surface area contributed by atoms with Crippen molar-refractivity contribution in [3.05, 3.63) is 77.2 Å². The topological polar surface area (TPSA) is 43.4 Å². The Morgan fingerprint density at radius 3 is 2.43 bits per heavy atom. The molecule has 0 fully saturated rings. The third-order valence-corrected chi connectivity index (χ3v) is 3.36. The molecule has 0 aromatic heterocycles. The van der Waals surface area contributed by atoms with Gasteiger partial charge < -0.3 is 9.53 Å². The van der Waals surface area contributed by atoms with Crippen molar-refractivity contribution in [1.82, 2.24) is 0 Å². The molecule has 1 aliphatic rings. The summed E-state index contributed by atoms with van der Waals surface area (Å²) in [5.74, 6) is -0.504. The molecule has 1 aliphatic carbocycles. The maximum atomic E-state index is 12.1. The van der Waals surface area contributed by atoms with E-state index in [0.717, 1.165) is 11.1 Å². The van der Waals surface area contributed by atoms with Crippen LogP contribution < -0.4 is 0 Å². The molecule has 0 aliphatic heterocycles. The summed E-state index contributed by atoms with van der Waals surface area (Å²) >= 11 is 0. The zero-order valence-electron chi connectivity index (χ0n) is 11.4. The fourth-order valence-corrected chi connectivity index (χ4v) is 2.30. The molecular formula is C17H13O3Y-. The molecule has 0 saturated carbocycles. The Hall–Kier alpha value is -1.45. The van der Waals surface area contributed by atoms with Gasteiger partial charge >= 0.3 is 0 Å². The second kappa shape index (κ2) is 7.01. The Balaban J connectivity index is 0.00000161. The van der Waals surface area contributed by atoms with Gasteiger partial charge in [-0.15, -0.1) is 17.2 Å². The van der Waals surface area contributed by atoms with Crippen molar-refractivity contribution in [3.63, 3.8) is 0 Å². The van der Waals surface area contributed by atoms with Crippen LogP contribution in [0.1, 0.15) is 21.5 Å². The first-order valence-electron chi connectivity index (χ1n) is 6.45. The number of benzene rings is 2. The summed E-state index contributed by atoms with van der Waals surface area (Å²) in [6, 6.07) is 16.7. The van der Waals surface area contributed by atoms with Crippen LogP contribution in [0.25, 0.3) is 0 Å². The maximum absolute atomic E-state index is 12.1. The summed E-state index contributed by atoms with van der Waals surface area (Å²) in [6.45, 7) is 0.187. The van der Waals surface area contributed by atoms with Gasteiger partial charge in [0.05, 0.1) is 0 Å². The Morgan fingerprint density at radius 1 is 1.05 bits per heavy atom. The second-order valence-electron chi connectivity index (χ2n) is 4.70. The number of hydrogen-bond donors (Lipinski definition) is 0. The van der Waals surface area contributed by atoms with E-state index in [0.29, 0.717) is 12.0 Å². The van der Waals surface area contributed by atoms with Crippen LogP contribution in [0.4, 0.5) is 0 Å². The Bertz CT molecular complexity index is 652. The number of carbonyl (C=O) groups excluding carboxylic acids is 2. The van der Waals surface area contributed by atoms with Gasteiger partial charge in [0.25, 0.3) is 5.97 Å². The van der Waals surface area contributed by atoms with Gasteiger partial charge in [0.2, 0.25) is 0 Å². The summed E-state index contributed by atoms with van der Waals surface area (Å²) < 4.78 is 5.22. The molecule has 0 N–H and O–H groups in total. The zero-order valence-corrected chi connectivity index (χ0v) is 14.3. The minimum absolute atomic E-state index is 0. The Morgan fingerprint density at radius 2 is 1.71 bits per heavy atom. The van der Waals surface area contributed by atoms with Gasteiger partial charge in [0.1, 0.15) is 6.61 Å². The smallest absolute Gasteiger partial charge is 0.254 e. The predicted molar refractivity (Wildman–Crippen MR) is 74.0 cm³/mol. The van der Waals surface area contributed by atoms with Gasteiger partial charge in [-0.25, -0.2) is 0 Å². The maximum Gasteiger partial charge on any atom is 0.254 e. The van der Waals surface area contributed by atoms with E-state index in [4.69, 9.17) is 4.74 Å². The zero-order chi connectivity index (χ0) is 13.9. The molecule has 2 aromatic rings. The summed E-state index contributed by atoms with van der Waals surface area (Å²) in [7, 11) is 0. The number of ketones is 1. The van der Waals surface area contributed by atoms with Crippen LogP contribution in [-0.2, 0) is 55.3 Å². The van der Waals surface area contributed by atoms with Crippen molar-refractivity contribution >= 4 is 11.8 Å². The molecule has 0 amide bonds. The third kappa shape index (κ3) is 3.42. The van der Waals surface area contributed by atoms with Gasteiger partial charge in [0, 0.05) is 38.5 Å². The van der Waals surface area contributed by atoms with Crippen LogP contribution in [0.15, 0.2) is 54.6 Å². The summed E-state index contributed by atoms with van der Waals surface area (Å²) in [5.41, 5.74) is 2.41. The van der Waals surface area contributed by atoms with E-state index in [1.54, 1.807) is 12.1 Å². The number of hydrogen-bond acceptors (Lipinski definition) is 3. The molecular weight excluding hydrogens is 341 g/mol. The number of esters is 1. The van der Waals surface area contributed by atoms with Crippen molar-refractivity contribution in [2.45, 2.75) is 13.0 Å². The molecule has 0 heterocycles. The fraction of sp³-hybridized carbons (Fsp3) is 0.118. The Labute approximate surface area is 148 Å².